The number of aromatic amines is 1. The van der Waals surface area contributed by atoms with E-state index in [1.54, 1.807) is 29.4 Å². The number of hydrogen-bond donors (Lipinski definition) is 1. The van der Waals surface area contributed by atoms with Gasteiger partial charge in [-0.25, -0.2) is 4.98 Å². The number of carbonyl (C=O) groups excluding carboxylic acids is 2. The molecule has 1 atom stereocenters. The monoisotopic (exact) mass is 398 g/mol. The molecule has 9 nitrogen and oxygen atoms in total. The summed E-state index contributed by atoms with van der Waals surface area (Å²) < 4.78 is 5.39. The second-order valence-electron chi connectivity index (χ2n) is 7.54. The van der Waals surface area contributed by atoms with Crippen LogP contribution in [0.5, 0.6) is 0 Å². The van der Waals surface area contributed by atoms with Crippen LogP contribution in [0.25, 0.3) is 0 Å². The molecule has 9 heteroatoms. The number of aromatic nitrogens is 4. The van der Waals surface area contributed by atoms with E-state index in [1.807, 2.05) is 11.8 Å². The zero-order valence-corrected chi connectivity index (χ0v) is 16.6. The van der Waals surface area contributed by atoms with E-state index in [-0.39, 0.29) is 23.8 Å². The highest BCUT2D eigenvalue weighted by atomic mass is 16.5. The van der Waals surface area contributed by atoms with Gasteiger partial charge in [0.1, 0.15) is 5.82 Å². The fourth-order valence-corrected chi connectivity index (χ4v) is 4.03. The van der Waals surface area contributed by atoms with Crippen LogP contribution < -0.4 is 0 Å². The number of nitrogens with one attached hydrogen (secondary N) is 1. The number of carbonyl (C=O) groups is 2. The van der Waals surface area contributed by atoms with Crippen LogP contribution in [-0.2, 0) is 9.53 Å². The fraction of sp³-hybridized carbons (Fsp3) is 0.550. The molecule has 2 aromatic rings. The quantitative estimate of drug-likeness (QED) is 0.837. The molecule has 0 aromatic carbocycles. The lowest BCUT2D eigenvalue weighted by molar-refractivity contribution is -0.138. The van der Waals surface area contributed by atoms with Crippen molar-refractivity contribution in [2.75, 3.05) is 32.8 Å². The highest BCUT2D eigenvalue weighted by molar-refractivity contribution is 5.94. The zero-order chi connectivity index (χ0) is 20.2. The number of pyridine rings is 1. The van der Waals surface area contributed by atoms with E-state index in [0.29, 0.717) is 56.5 Å². The summed E-state index contributed by atoms with van der Waals surface area (Å²) in [5.74, 6) is 1.33. The number of ether oxygens (including phenoxy) is 1. The van der Waals surface area contributed by atoms with Crippen molar-refractivity contribution in [1.82, 2.24) is 30.0 Å². The maximum atomic E-state index is 13.2. The summed E-state index contributed by atoms with van der Waals surface area (Å²) >= 11 is 0. The molecule has 2 amide bonds. The minimum absolute atomic E-state index is 0.00790. The van der Waals surface area contributed by atoms with Crippen LogP contribution in [-0.4, -0.2) is 74.6 Å². The lowest BCUT2D eigenvalue weighted by Gasteiger charge is -2.28. The number of nitrogens with zero attached hydrogens (tertiary/aromatic N) is 5. The summed E-state index contributed by atoms with van der Waals surface area (Å²) in [5.41, 5.74) is 0.522. The van der Waals surface area contributed by atoms with Crippen LogP contribution in [0.15, 0.2) is 24.5 Å². The molecule has 0 bridgehead atoms. The van der Waals surface area contributed by atoms with Gasteiger partial charge in [-0.05, 0) is 38.3 Å². The highest BCUT2D eigenvalue weighted by Gasteiger charge is 2.35. The van der Waals surface area contributed by atoms with Gasteiger partial charge in [0.05, 0.1) is 11.6 Å². The molecule has 1 unspecified atom stereocenters. The van der Waals surface area contributed by atoms with Gasteiger partial charge in [0.2, 0.25) is 5.91 Å². The minimum Gasteiger partial charge on any atom is -0.381 e. The van der Waals surface area contributed by atoms with Crippen molar-refractivity contribution in [2.45, 2.75) is 32.2 Å². The first-order valence-electron chi connectivity index (χ1n) is 10.1. The van der Waals surface area contributed by atoms with Crippen LogP contribution in [0.4, 0.5) is 0 Å². The maximum Gasteiger partial charge on any atom is 0.256 e. The predicted octanol–water partition coefficient (Wildman–Crippen LogP) is 1.35. The smallest absolute Gasteiger partial charge is 0.256 e. The molecule has 0 saturated carbocycles. The Kier molecular flexibility index (Phi) is 5.84. The van der Waals surface area contributed by atoms with Gasteiger partial charge < -0.3 is 14.5 Å². The summed E-state index contributed by atoms with van der Waals surface area (Å²) in [6.07, 6.45) is 5.33. The number of amides is 2. The van der Waals surface area contributed by atoms with Gasteiger partial charge in [-0.3, -0.25) is 19.7 Å². The third-order valence-electron chi connectivity index (χ3n) is 5.62. The summed E-state index contributed by atoms with van der Waals surface area (Å²) in [4.78, 5) is 38.4. The Balaban J connectivity index is 1.56. The lowest BCUT2D eigenvalue weighted by atomic mass is 9.98. The van der Waals surface area contributed by atoms with Crippen LogP contribution in [0.1, 0.15) is 47.3 Å². The molecular weight excluding hydrogens is 372 g/mol. The first kappa shape index (κ1) is 19.5. The molecule has 2 aliphatic heterocycles. The molecule has 29 heavy (non-hydrogen) atoms. The van der Waals surface area contributed by atoms with Gasteiger partial charge in [-0.2, -0.15) is 5.10 Å². The summed E-state index contributed by atoms with van der Waals surface area (Å²) in [5, 5.41) is 7.17. The Morgan fingerprint density at radius 1 is 1.17 bits per heavy atom. The third-order valence-corrected chi connectivity index (χ3v) is 5.62. The van der Waals surface area contributed by atoms with Gasteiger partial charge in [0, 0.05) is 51.2 Å². The average Bonchev–Trinajstić information content (AvgIpc) is 3.07. The number of rotatable bonds is 3. The van der Waals surface area contributed by atoms with Crippen LogP contribution >= 0.6 is 0 Å². The largest absolute Gasteiger partial charge is 0.381 e. The van der Waals surface area contributed by atoms with E-state index >= 15 is 0 Å². The van der Waals surface area contributed by atoms with E-state index in [1.165, 1.54) is 0 Å². The molecule has 4 heterocycles. The second-order valence-corrected chi connectivity index (χ2v) is 7.54. The van der Waals surface area contributed by atoms with E-state index in [4.69, 9.17) is 4.74 Å². The van der Waals surface area contributed by atoms with Gasteiger partial charge in [0.15, 0.2) is 5.82 Å². The molecule has 0 aliphatic carbocycles. The Morgan fingerprint density at radius 2 is 2.00 bits per heavy atom. The molecule has 0 radical (unpaired) electrons. The summed E-state index contributed by atoms with van der Waals surface area (Å²) in [7, 11) is 0. The van der Waals surface area contributed by atoms with E-state index < -0.39 is 0 Å². The summed E-state index contributed by atoms with van der Waals surface area (Å²) in [6, 6.07) is 3.21. The van der Waals surface area contributed by atoms with Gasteiger partial charge in [-0.15, -0.1) is 0 Å². The van der Waals surface area contributed by atoms with Crippen molar-refractivity contribution in [2.24, 2.45) is 5.92 Å². The molecule has 154 valence electrons. The SMILES string of the molecule is Cc1nc(C2CCN(C(=O)C3CCOCC3)CCN2C(=O)c2cccnc2)n[nH]1. The summed E-state index contributed by atoms with van der Waals surface area (Å²) in [6.45, 7) is 4.61. The average molecular weight is 398 g/mol. The van der Waals surface area contributed by atoms with Crippen molar-refractivity contribution in [1.29, 1.82) is 0 Å². The molecule has 2 aliphatic rings. The number of aryl methyl sites for hydroxylation is 1. The van der Waals surface area contributed by atoms with Gasteiger partial charge >= 0.3 is 0 Å². The topological polar surface area (TPSA) is 104 Å². The van der Waals surface area contributed by atoms with E-state index in [0.717, 1.165) is 12.8 Å². The van der Waals surface area contributed by atoms with Crippen molar-refractivity contribution in [3.8, 4) is 0 Å². The van der Waals surface area contributed by atoms with E-state index in [9.17, 15) is 9.59 Å². The normalized spacial score (nSPS) is 21.1. The lowest BCUT2D eigenvalue weighted by Crippen LogP contribution is -2.41. The Morgan fingerprint density at radius 3 is 2.69 bits per heavy atom. The molecule has 2 fully saturated rings. The third kappa shape index (κ3) is 4.29. The van der Waals surface area contributed by atoms with Crippen molar-refractivity contribution >= 4 is 11.8 Å². The number of hydrogen-bond acceptors (Lipinski definition) is 6. The Labute approximate surface area is 169 Å². The first-order valence-corrected chi connectivity index (χ1v) is 10.1. The van der Waals surface area contributed by atoms with E-state index in [2.05, 4.69) is 20.2 Å². The van der Waals surface area contributed by atoms with Crippen molar-refractivity contribution < 1.29 is 14.3 Å². The van der Waals surface area contributed by atoms with Crippen LogP contribution in [0.3, 0.4) is 0 Å². The van der Waals surface area contributed by atoms with Crippen molar-refractivity contribution in [3.63, 3.8) is 0 Å². The standard InChI is InChI=1S/C20H26N6O3/c1-14-22-18(24-23-14)17-4-8-25(19(27)15-5-11-29-12-6-15)9-10-26(17)20(28)16-3-2-7-21-13-16/h2-3,7,13,15,17H,4-6,8-12H2,1H3,(H,22,23,24). The van der Waals surface area contributed by atoms with Gasteiger partial charge in [-0.1, -0.05) is 0 Å². The van der Waals surface area contributed by atoms with Crippen LogP contribution in [0, 0.1) is 12.8 Å². The molecule has 0 spiro atoms. The van der Waals surface area contributed by atoms with Crippen LogP contribution in [0.2, 0.25) is 0 Å². The Hall–Kier alpha value is -2.81. The molecule has 4 rings (SSSR count). The first-order chi connectivity index (χ1) is 14.1. The highest BCUT2D eigenvalue weighted by Crippen LogP contribution is 2.28. The molecule has 2 saturated heterocycles. The maximum absolute atomic E-state index is 13.2. The van der Waals surface area contributed by atoms with Gasteiger partial charge in [0.25, 0.3) is 5.91 Å². The Bertz CT molecular complexity index is 849. The molecular formula is C20H26N6O3. The predicted molar refractivity (Wildman–Crippen MR) is 104 cm³/mol. The fourth-order valence-electron chi connectivity index (χ4n) is 4.03. The second kappa shape index (κ2) is 8.69. The number of H-pyrrole nitrogens is 1. The molecule has 1 N–H and O–H groups in total. The van der Waals surface area contributed by atoms with Crippen molar-refractivity contribution in [3.05, 3.63) is 41.7 Å². The molecule has 2 aromatic heterocycles. The zero-order valence-electron chi connectivity index (χ0n) is 16.6. The minimum atomic E-state index is -0.292.